The molecule has 7 nitrogen and oxygen atoms in total. The van der Waals surface area contributed by atoms with E-state index in [2.05, 4.69) is 22.5 Å². The van der Waals surface area contributed by atoms with Crippen molar-refractivity contribution in [3.8, 4) is 0 Å². The zero-order valence-electron chi connectivity index (χ0n) is 12.5. The molecule has 0 aromatic carbocycles. The van der Waals surface area contributed by atoms with Gasteiger partial charge in [0.1, 0.15) is 5.82 Å². The Balaban J connectivity index is 2.12. The molecule has 0 saturated carbocycles. The van der Waals surface area contributed by atoms with Gasteiger partial charge in [-0.05, 0) is 31.2 Å². The van der Waals surface area contributed by atoms with Gasteiger partial charge in [0.25, 0.3) is 0 Å². The predicted octanol–water partition coefficient (Wildman–Crippen LogP) is 2.65. The van der Waals surface area contributed by atoms with Gasteiger partial charge in [-0.15, -0.1) is 0 Å². The smallest absolute Gasteiger partial charge is 0.311 e. The van der Waals surface area contributed by atoms with E-state index in [-0.39, 0.29) is 11.1 Å². The van der Waals surface area contributed by atoms with Gasteiger partial charge in [-0.3, -0.25) is 10.1 Å². The molecular formula is C14H22N4O3. The Labute approximate surface area is 124 Å². The van der Waals surface area contributed by atoms with Crippen LogP contribution in [0.1, 0.15) is 26.7 Å². The molecule has 0 bridgehead atoms. The van der Waals surface area contributed by atoms with Crippen LogP contribution in [-0.4, -0.2) is 36.2 Å². The number of nitro groups is 1. The minimum atomic E-state index is -0.405. The van der Waals surface area contributed by atoms with E-state index in [1.807, 2.05) is 6.92 Å². The minimum Gasteiger partial charge on any atom is -0.381 e. The van der Waals surface area contributed by atoms with Crippen LogP contribution in [0.2, 0.25) is 0 Å². The van der Waals surface area contributed by atoms with Crippen LogP contribution in [0.3, 0.4) is 0 Å². The Morgan fingerprint density at radius 2 is 2.10 bits per heavy atom. The average Bonchev–Trinajstić information content (AvgIpc) is 2.46. The molecule has 0 aliphatic carbocycles. The Kier molecular flexibility index (Phi) is 4.95. The summed E-state index contributed by atoms with van der Waals surface area (Å²) in [5, 5.41) is 17.3. The number of nitrogens with one attached hydrogen (secondary N) is 2. The summed E-state index contributed by atoms with van der Waals surface area (Å²) >= 11 is 0. The third kappa shape index (κ3) is 4.04. The number of rotatable bonds is 6. The second kappa shape index (κ2) is 6.71. The van der Waals surface area contributed by atoms with E-state index in [1.165, 1.54) is 6.07 Å². The molecule has 1 aromatic heterocycles. The second-order valence-electron chi connectivity index (χ2n) is 5.63. The maximum Gasteiger partial charge on any atom is 0.311 e. The summed E-state index contributed by atoms with van der Waals surface area (Å²) in [6.45, 7) is 6.98. The highest BCUT2D eigenvalue weighted by atomic mass is 16.6. The van der Waals surface area contributed by atoms with Crippen molar-refractivity contribution in [1.82, 2.24) is 4.98 Å². The number of pyridine rings is 1. The number of aromatic nitrogens is 1. The summed E-state index contributed by atoms with van der Waals surface area (Å²) in [4.78, 5) is 15.0. The summed E-state index contributed by atoms with van der Waals surface area (Å²) in [5.74, 6) is 0.967. The lowest BCUT2D eigenvalue weighted by Gasteiger charge is -2.33. The molecule has 1 saturated heterocycles. The van der Waals surface area contributed by atoms with Crippen molar-refractivity contribution in [1.29, 1.82) is 0 Å². The second-order valence-corrected chi connectivity index (χ2v) is 5.63. The predicted molar refractivity (Wildman–Crippen MR) is 81.7 cm³/mol. The van der Waals surface area contributed by atoms with Crippen molar-refractivity contribution in [2.75, 3.05) is 36.9 Å². The van der Waals surface area contributed by atoms with E-state index in [0.29, 0.717) is 18.2 Å². The van der Waals surface area contributed by atoms with Crippen LogP contribution >= 0.6 is 0 Å². The van der Waals surface area contributed by atoms with Crippen LogP contribution in [0.15, 0.2) is 12.1 Å². The minimum absolute atomic E-state index is 0.00677. The topological polar surface area (TPSA) is 89.3 Å². The number of anilines is 2. The standard InChI is InChI=1S/C14H22N4O3/c1-3-15-12-5-4-11(18(19)20)13(17-12)16-10-14(2)6-8-21-9-7-14/h4-5H,3,6-10H2,1-2H3,(H2,15,16,17). The van der Waals surface area contributed by atoms with Crippen LogP contribution in [-0.2, 0) is 4.74 Å². The third-order valence-corrected chi connectivity index (χ3v) is 3.81. The Morgan fingerprint density at radius 1 is 1.38 bits per heavy atom. The maximum absolute atomic E-state index is 11.1. The highest BCUT2D eigenvalue weighted by Crippen LogP contribution is 2.31. The third-order valence-electron chi connectivity index (χ3n) is 3.81. The lowest BCUT2D eigenvalue weighted by molar-refractivity contribution is -0.384. The summed E-state index contributed by atoms with van der Waals surface area (Å²) in [6, 6.07) is 3.11. The van der Waals surface area contributed by atoms with Crippen LogP contribution in [0.5, 0.6) is 0 Å². The molecule has 2 N–H and O–H groups in total. The molecule has 2 heterocycles. The van der Waals surface area contributed by atoms with Gasteiger partial charge in [0.05, 0.1) is 4.92 Å². The summed E-state index contributed by atoms with van der Waals surface area (Å²) < 4.78 is 5.37. The molecule has 0 amide bonds. The summed E-state index contributed by atoms with van der Waals surface area (Å²) in [7, 11) is 0. The molecule has 0 spiro atoms. The van der Waals surface area contributed by atoms with Gasteiger partial charge in [-0.2, -0.15) is 0 Å². The molecule has 0 unspecified atom stereocenters. The molecule has 0 radical (unpaired) electrons. The van der Waals surface area contributed by atoms with Gasteiger partial charge in [0, 0.05) is 32.4 Å². The zero-order chi connectivity index (χ0) is 15.3. The number of nitrogens with zero attached hydrogens (tertiary/aromatic N) is 2. The molecule has 21 heavy (non-hydrogen) atoms. The summed E-state index contributed by atoms with van der Waals surface area (Å²) in [5.41, 5.74) is 0.0921. The Morgan fingerprint density at radius 3 is 2.71 bits per heavy atom. The lowest BCUT2D eigenvalue weighted by atomic mass is 9.82. The zero-order valence-corrected chi connectivity index (χ0v) is 12.5. The average molecular weight is 294 g/mol. The monoisotopic (exact) mass is 294 g/mol. The van der Waals surface area contributed by atoms with Crippen molar-refractivity contribution in [2.45, 2.75) is 26.7 Å². The van der Waals surface area contributed by atoms with E-state index in [4.69, 9.17) is 4.74 Å². The molecule has 2 rings (SSSR count). The van der Waals surface area contributed by atoms with Crippen LogP contribution < -0.4 is 10.6 Å². The fourth-order valence-corrected chi connectivity index (χ4v) is 2.35. The number of hydrogen-bond acceptors (Lipinski definition) is 6. The number of ether oxygens (including phenoxy) is 1. The van der Waals surface area contributed by atoms with Crippen molar-refractivity contribution < 1.29 is 9.66 Å². The highest BCUT2D eigenvalue weighted by molar-refractivity contribution is 5.60. The van der Waals surface area contributed by atoms with Crippen molar-refractivity contribution in [3.63, 3.8) is 0 Å². The SMILES string of the molecule is CCNc1ccc([N+](=O)[O-])c(NCC2(C)CCOCC2)n1. The Bertz CT molecular complexity index is 501. The van der Waals surface area contributed by atoms with Gasteiger partial charge in [-0.25, -0.2) is 4.98 Å². The van der Waals surface area contributed by atoms with E-state index < -0.39 is 4.92 Å². The molecule has 1 aliphatic rings. The van der Waals surface area contributed by atoms with Crippen molar-refractivity contribution in [2.24, 2.45) is 5.41 Å². The normalized spacial score (nSPS) is 17.2. The fourth-order valence-electron chi connectivity index (χ4n) is 2.35. The molecule has 116 valence electrons. The number of hydrogen-bond donors (Lipinski definition) is 2. The van der Waals surface area contributed by atoms with Crippen molar-refractivity contribution in [3.05, 3.63) is 22.2 Å². The first kappa shape index (κ1) is 15.5. The Hall–Kier alpha value is -1.89. The molecule has 1 aliphatic heterocycles. The fraction of sp³-hybridized carbons (Fsp3) is 0.643. The molecule has 1 aromatic rings. The lowest BCUT2D eigenvalue weighted by Crippen LogP contribution is -2.33. The van der Waals surface area contributed by atoms with E-state index in [9.17, 15) is 10.1 Å². The van der Waals surface area contributed by atoms with E-state index in [1.54, 1.807) is 6.07 Å². The van der Waals surface area contributed by atoms with Gasteiger partial charge in [0.15, 0.2) is 0 Å². The molecule has 1 fully saturated rings. The van der Waals surface area contributed by atoms with Crippen LogP contribution in [0, 0.1) is 15.5 Å². The maximum atomic E-state index is 11.1. The van der Waals surface area contributed by atoms with E-state index in [0.717, 1.165) is 32.6 Å². The summed E-state index contributed by atoms with van der Waals surface area (Å²) in [6.07, 6.45) is 1.89. The first-order chi connectivity index (χ1) is 10.0. The molecule has 7 heteroatoms. The molecule has 0 atom stereocenters. The van der Waals surface area contributed by atoms with Gasteiger partial charge < -0.3 is 15.4 Å². The quantitative estimate of drug-likeness (QED) is 0.619. The molecular weight excluding hydrogens is 272 g/mol. The first-order valence-corrected chi connectivity index (χ1v) is 7.25. The largest absolute Gasteiger partial charge is 0.381 e. The first-order valence-electron chi connectivity index (χ1n) is 7.25. The van der Waals surface area contributed by atoms with Crippen LogP contribution in [0.4, 0.5) is 17.3 Å². The van der Waals surface area contributed by atoms with Gasteiger partial charge in [-0.1, -0.05) is 6.92 Å². The van der Waals surface area contributed by atoms with Crippen molar-refractivity contribution >= 4 is 17.3 Å². The highest BCUT2D eigenvalue weighted by Gasteiger charge is 2.28. The van der Waals surface area contributed by atoms with E-state index >= 15 is 0 Å². The van der Waals surface area contributed by atoms with Crippen LogP contribution in [0.25, 0.3) is 0 Å². The van der Waals surface area contributed by atoms with Gasteiger partial charge in [0.2, 0.25) is 5.82 Å². The van der Waals surface area contributed by atoms with Gasteiger partial charge >= 0.3 is 5.69 Å².